The van der Waals surface area contributed by atoms with E-state index in [9.17, 15) is 0 Å². The number of aliphatic hydroxyl groups is 1. The first-order chi connectivity index (χ1) is 13.3. The average molecular weight is 384 g/mol. The molecule has 1 aliphatic heterocycles. The fourth-order valence-electron chi connectivity index (χ4n) is 3.59. The number of aliphatic hydroxyl groups excluding tert-OH is 1. The van der Waals surface area contributed by atoms with Crippen LogP contribution >= 0.6 is 11.8 Å². The Morgan fingerprint density at radius 2 is 1.81 bits per heavy atom. The Morgan fingerprint density at radius 3 is 2.52 bits per heavy atom. The first kappa shape index (κ1) is 18.4. The Kier molecular flexibility index (Phi) is 5.73. The normalized spacial score (nSPS) is 16.2. The first-order valence-electron chi connectivity index (χ1n) is 9.30. The summed E-state index contributed by atoms with van der Waals surface area (Å²) in [5.41, 5.74) is 3.33. The van der Waals surface area contributed by atoms with Crippen molar-refractivity contribution in [1.82, 2.24) is 24.2 Å². The van der Waals surface area contributed by atoms with Crippen molar-refractivity contribution < 1.29 is 5.11 Å². The second kappa shape index (κ2) is 8.39. The fourth-order valence-corrected chi connectivity index (χ4v) is 4.00. The van der Waals surface area contributed by atoms with E-state index in [1.165, 1.54) is 10.6 Å². The zero-order chi connectivity index (χ0) is 18.6. The molecule has 1 aromatic carbocycles. The second-order valence-corrected chi connectivity index (χ2v) is 7.65. The summed E-state index contributed by atoms with van der Waals surface area (Å²) in [5, 5.41) is 9.13. The number of hydrogen-bond donors (Lipinski definition) is 1. The molecule has 1 saturated heterocycles. The topological polar surface area (TPSA) is 56.9 Å². The first-order valence-corrected chi connectivity index (χ1v) is 10.5. The van der Waals surface area contributed by atoms with Crippen molar-refractivity contribution in [2.24, 2.45) is 0 Å². The minimum absolute atomic E-state index is 0.231. The number of thioether (sulfide) groups is 1. The number of piperazine rings is 1. The van der Waals surface area contributed by atoms with E-state index in [-0.39, 0.29) is 6.61 Å². The monoisotopic (exact) mass is 383 g/mol. The Morgan fingerprint density at radius 1 is 1.07 bits per heavy atom. The molecule has 0 unspecified atom stereocenters. The third kappa shape index (κ3) is 4.01. The van der Waals surface area contributed by atoms with Crippen LogP contribution in [-0.2, 0) is 6.54 Å². The van der Waals surface area contributed by atoms with Crippen molar-refractivity contribution >= 4 is 17.5 Å². The van der Waals surface area contributed by atoms with Crippen LogP contribution in [0.25, 0.3) is 17.0 Å². The molecule has 0 bridgehead atoms. The maximum atomic E-state index is 9.13. The van der Waals surface area contributed by atoms with E-state index in [0.717, 1.165) is 56.3 Å². The summed E-state index contributed by atoms with van der Waals surface area (Å²) >= 11 is 1.75. The highest BCUT2D eigenvalue weighted by Crippen LogP contribution is 2.27. The van der Waals surface area contributed by atoms with E-state index >= 15 is 0 Å². The van der Waals surface area contributed by atoms with E-state index in [1.807, 2.05) is 12.3 Å². The molecule has 0 atom stereocenters. The number of β-amino-alcohol motifs (C(OH)–C–C–N with tert-alkyl or cyclic N) is 1. The smallest absolute Gasteiger partial charge is 0.234 e. The largest absolute Gasteiger partial charge is 0.395 e. The highest BCUT2D eigenvalue weighted by Gasteiger charge is 2.21. The van der Waals surface area contributed by atoms with Crippen LogP contribution < -0.4 is 0 Å². The molecule has 27 heavy (non-hydrogen) atoms. The molecule has 1 N–H and O–H groups in total. The lowest BCUT2D eigenvalue weighted by molar-refractivity contribution is 0.107. The van der Waals surface area contributed by atoms with Crippen LogP contribution in [0.4, 0.5) is 0 Å². The summed E-state index contributed by atoms with van der Waals surface area (Å²) in [6, 6.07) is 10.5. The molecule has 2 aromatic heterocycles. The molecule has 4 rings (SSSR count). The number of hydrogen-bond acceptors (Lipinski definition) is 6. The van der Waals surface area contributed by atoms with Crippen LogP contribution in [0.1, 0.15) is 5.69 Å². The minimum Gasteiger partial charge on any atom is -0.395 e. The number of nitrogens with zero attached hydrogens (tertiary/aromatic N) is 5. The quantitative estimate of drug-likeness (QED) is 0.659. The molecule has 0 spiro atoms. The molecule has 0 amide bonds. The summed E-state index contributed by atoms with van der Waals surface area (Å²) in [4.78, 5) is 15.3. The van der Waals surface area contributed by atoms with Crippen LogP contribution in [0.15, 0.2) is 47.6 Å². The third-order valence-electron chi connectivity index (χ3n) is 5.12. The van der Waals surface area contributed by atoms with Crippen molar-refractivity contribution in [3.05, 3.63) is 48.4 Å². The fraction of sp³-hybridized carbons (Fsp3) is 0.400. The lowest BCUT2D eigenvalue weighted by atomic mass is 10.1. The van der Waals surface area contributed by atoms with Crippen LogP contribution in [0, 0.1) is 0 Å². The van der Waals surface area contributed by atoms with Crippen molar-refractivity contribution in [2.75, 3.05) is 45.6 Å². The number of imidazole rings is 1. The van der Waals surface area contributed by atoms with E-state index in [1.54, 1.807) is 18.0 Å². The molecule has 1 aliphatic rings. The highest BCUT2D eigenvalue weighted by molar-refractivity contribution is 7.98. The molecule has 3 aromatic rings. The molecule has 1 fully saturated rings. The lowest BCUT2D eigenvalue weighted by Crippen LogP contribution is -2.46. The van der Waals surface area contributed by atoms with Gasteiger partial charge < -0.3 is 5.11 Å². The van der Waals surface area contributed by atoms with Crippen LogP contribution in [-0.4, -0.2) is 74.9 Å². The van der Waals surface area contributed by atoms with Gasteiger partial charge in [-0.25, -0.2) is 9.97 Å². The standard InChI is InChI=1S/C20H25N5OS/c1-27-17-5-3-16(4-6-17)19-18(25-8-2-7-21-20(25)22-19)15-24-11-9-23(10-12-24)13-14-26/h2-8,26H,9-15H2,1H3. The van der Waals surface area contributed by atoms with Gasteiger partial charge in [0.25, 0.3) is 0 Å². The minimum atomic E-state index is 0.231. The van der Waals surface area contributed by atoms with E-state index in [2.05, 4.69) is 49.7 Å². The number of benzene rings is 1. The summed E-state index contributed by atoms with van der Waals surface area (Å²) in [5.74, 6) is 0.746. The molecular weight excluding hydrogens is 358 g/mol. The number of rotatable bonds is 6. The summed E-state index contributed by atoms with van der Waals surface area (Å²) in [7, 11) is 0. The van der Waals surface area contributed by atoms with Gasteiger partial charge >= 0.3 is 0 Å². The van der Waals surface area contributed by atoms with Crippen molar-refractivity contribution in [3.8, 4) is 11.3 Å². The molecule has 0 saturated carbocycles. The Bertz CT molecular complexity index is 887. The summed E-state index contributed by atoms with van der Waals surface area (Å²) in [6.07, 6.45) is 5.93. The Balaban J connectivity index is 1.62. The van der Waals surface area contributed by atoms with Gasteiger partial charge in [0.15, 0.2) is 0 Å². The van der Waals surface area contributed by atoms with Gasteiger partial charge in [-0.3, -0.25) is 14.2 Å². The molecule has 0 radical (unpaired) electrons. The molecule has 6 nitrogen and oxygen atoms in total. The number of fused-ring (bicyclic) bond motifs is 1. The van der Waals surface area contributed by atoms with Gasteiger partial charge in [0.2, 0.25) is 5.78 Å². The van der Waals surface area contributed by atoms with Crippen molar-refractivity contribution in [1.29, 1.82) is 0 Å². The SMILES string of the molecule is CSc1ccc(-c2nc3ncccn3c2CN2CCN(CCO)CC2)cc1. The van der Waals surface area contributed by atoms with Crippen LogP contribution in [0.5, 0.6) is 0 Å². The molecule has 7 heteroatoms. The van der Waals surface area contributed by atoms with Gasteiger partial charge in [0, 0.05) is 62.1 Å². The predicted octanol–water partition coefficient (Wildman–Crippen LogP) is 2.23. The van der Waals surface area contributed by atoms with E-state index < -0.39 is 0 Å². The zero-order valence-corrected chi connectivity index (χ0v) is 16.4. The predicted molar refractivity (Wildman–Crippen MR) is 109 cm³/mol. The van der Waals surface area contributed by atoms with Gasteiger partial charge in [0.1, 0.15) is 0 Å². The molecule has 142 valence electrons. The molecule has 0 aliphatic carbocycles. The summed E-state index contributed by atoms with van der Waals surface area (Å²) in [6.45, 7) is 5.83. The van der Waals surface area contributed by atoms with Crippen molar-refractivity contribution in [3.63, 3.8) is 0 Å². The van der Waals surface area contributed by atoms with Crippen LogP contribution in [0.3, 0.4) is 0 Å². The third-order valence-corrected chi connectivity index (χ3v) is 5.86. The van der Waals surface area contributed by atoms with Gasteiger partial charge in [0.05, 0.1) is 18.0 Å². The van der Waals surface area contributed by atoms with Gasteiger partial charge in [-0.2, -0.15) is 0 Å². The Hall–Kier alpha value is -1.93. The second-order valence-electron chi connectivity index (χ2n) is 6.77. The highest BCUT2D eigenvalue weighted by atomic mass is 32.2. The van der Waals surface area contributed by atoms with Crippen LogP contribution in [0.2, 0.25) is 0 Å². The van der Waals surface area contributed by atoms with Crippen molar-refractivity contribution in [2.45, 2.75) is 11.4 Å². The van der Waals surface area contributed by atoms with Gasteiger partial charge in [-0.1, -0.05) is 12.1 Å². The Labute approximate surface area is 163 Å². The maximum absolute atomic E-state index is 9.13. The van der Waals surface area contributed by atoms with E-state index in [4.69, 9.17) is 10.1 Å². The average Bonchev–Trinajstić information content (AvgIpc) is 3.08. The van der Waals surface area contributed by atoms with Gasteiger partial charge in [-0.05, 0) is 24.5 Å². The number of aromatic nitrogens is 3. The zero-order valence-electron chi connectivity index (χ0n) is 15.6. The maximum Gasteiger partial charge on any atom is 0.234 e. The summed E-state index contributed by atoms with van der Waals surface area (Å²) < 4.78 is 2.11. The van der Waals surface area contributed by atoms with Gasteiger partial charge in [-0.15, -0.1) is 11.8 Å². The lowest BCUT2D eigenvalue weighted by Gasteiger charge is -2.34. The molecule has 3 heterocycles. The molecular formula is C20H25N5OS. The van der Waals surface area contributed by atoms with E-state index in [0.29, 0.717) is 0 Å².